The molecule has 2 atom stereocenters. The quantitative estimate of drug-likeness (QED) is 0.886. The molecule has 1 fully saturated rings. The van der Waals surface area contributed by atoms with E-state index in [-0.39, 0.29) is 0 Å². The van der Waals surface area contributed by atoms with Crippen LogP contribution in [0.1, 0.15) is 35.6 Å². The molecule has 2 unspecified atom stereocenters. The van der Waals surface area contributed by atoms with Crippen LogP contribution in [-0.2, 0) is 4.74 Å². The number of rotatable bonds is 5. The van der Waals surface area contributed by atoms with Gasteiger partial charge in [-0.2, -0.15) is 0 Å². The fourth-order valence-electron chi connectivity index (χ4n) is 2.86. The van der Waals surface area contributed by atoms with Crippen LogP contribution < -0.4 is 10.1 Å². The Hall–Kier alpha value is -1.06. The predicted molar refractivity (Wildman–Crippen MR) is 77.8 cm³/mol. The van der Waals surface area contributed by atoms with Gasteiger partial charge in [-0.1, -0.05) is 12.1 Å². The molecule has 2 rings (SSSR count). The van der Waals surface area contributed by atoms with Gasteiger partial charge in [0.1, 0.15) is 5.75 Å². The summed E-state index contributed by atoms with van der Waals surface area (Å²) in [5.41, 5.74) is 3.78. The molecule has 1 aliphatic heterocycles. The molecule has 0 aliphatic carbocycles. The second-order valence-electron chi connectivity index (χ2n) is 5.44. The second-order valence-corrected chi connectivity index (χ2v) is 5.44. The third kappa shape index (κ3) is 3.10. The van der Waals surface area contributed by atoms with Crippen molar-refractivity contribution in [1.29, 1.82) is 0 Å². The predicted octanol–water partition coefficient (Wildman–Crippen LogP) is 3.00. The summed E-state index contributed by atoms with van der Waals surface area (Å²) in [5.74, 6) is 1.68. The lowest BCUT2D eigenvalue weighted by atomic mass is 9.91. The standard InChI is InChI=1S/C16H25NO2/c1-11-5-6-14(16(18-4)12(11)2)15(17-3)9-13-7-8-19-10-13/h5-6,13,15,17H,7-10H2,1-4H3. The Morgan fingerprint density at radius 2 is 2.21 bits per heavy atom. The van der Waals surface area contributed by atoms with Gasteiger partial charge >= 0.3 is 0 Å². The molecule has 1 N–H and O–H groups in total. The van der Waals surface area contributed by atoms with Gasteiger partial charge in [0.05, 0.1) is 7.11 Å². The summed E-state index contributed by atoms with van der Waals surface area (Å²) in [6.07, 6.45) is 2.28. The van der Waals surface area contributed by atoms with Gasteiger partial charge in [0, 0.05) is 24.8 Å². The van der Waals surface area contributed by atoms with E-state index < -0.39 is 0 Å². The highest BCUT2D eigenvalue weighted by molar-refractivity contribution is 5.46. The first-order valence-electron chi connectivity index (χ1n) is 7.06. The van der Waals surface area contributed by atoms with Crippen molar-refractivity contribution < 1.29 is 9.47 Å². The molecule has 1 aliphatic rings. The van der Waals surface area contributed by atoms with E-state index in [1.165, 1.54) is 23.1 Å². The zero-order valence-corrected chi connectivity index (χ0v) is 12.5. The van der Waals surface area contributed by atoms with Gasteiger partial charge in [-0.15, -0.1) is 0 Å². The minimum absolute atomic E-state index is 0.334. The molecule has 1 saturated heterocycles. The van der Waals surface area contributed by atoms with Gasteiger partial charge in [0.2, 0.25) is 0 Å². The van der Waals surface area contributed by atoms with Gasteiger partial charge in [0.15, 0.2) is 0 Å². The summed E-state index contributed by atoms with van der Waals surface area (Å²) in [4.78, 5) is 0. The Labute approximate surface area is 116 Å². The molecule has 3 nitrogen and oxygen atoms in total. The van der Waals surface area contributed by atoms with Crippen molar-refractivity contribution in [3.8, 4) is 5.75 Å². The van der Waals surface area contributed by atoms with Crippen molar-refractivity contribution >= 4 is 0 Å². The maximum atomic E-state index is 5.63. The van der Waals surface area contributed by atoms with Crippen LogP contribution in [0.25, 0.3) is 0 Å². The highest BCUT2D eigenvalue weighted by Gasteiger charge is 2.23. The molecule has 1 aromatic carbocycles. The van der Waals surface area contributed by atoms with E-state index in [9.17, 15) is 0 Å². The summed E-state index contributed by atoms with van der Waals surface area (Å²) < 4.78 is 11.1. The number of ether oxygens (including phenoxy) is 2. The monoisotopic (exact) mass is 263 g/mol. The minimum Gasteiger partial charge on any atom is -0.496 e. The zero-order valence-electron chi connectivity index (χ0n) is 12.5. The lowest BCUT2D eigenvalue weighted by molar-refractivity contribution is 0.181. The molecule has 0 radical (unpaired) electrons. The van der Waals surface area contributed by atoms with E-state index in [2.05, 4.69) is 31.3 Å². The Morgan fingerprint density at radius 3 is 2.79 bits per heavy atom. The van der Waals surface area contributed by atoms with Crippen molar-refractivity contribution in [3.05, 3.63) is 28.8 Å². The van der Waals surface area contributed by atoms with Crippen LogP contribution in [0.15, 0.2) is 12.1 Å². The minimum atomic E-state index is 0.334. The molecule has 0 saturated carbocycles. The first-order chi connectivity index (χ1) is 9.17. The van der Waals surface area contributed by atoms with Crippen LogP contribution in [0.2, 0.25) is 0 Å². The van der Waals surface area contributed by atoms with E-state index in [0.717, 1.165) is 25.4 Å². The normalized spacial score (nSPS) is 20.5. The molecule has 0 aromatic heterocycles. The number of benzene rings is 1. The Morgan fingerprint density at radius 1 is 1.42 bits per heavy atom. The maximum absolute atomic E-state index is 5.63. The van der Waals surface area contributed by atoms with E-state index in [0.29, 0.717) is 12.0 Å². The first kappa shape index (κ1) is 14.4. The van der Waals surface area contributed by atoms with Gasteiger partial charge in [-0.05, 0) is 50.8 Å². The van der Waals surface area contributed by atoms with E-state index in [1.54, 1.807) is 7.11 Å². The molecular weight excluding hydrogens is 238 g/mol. The van der Waals surface area contributed by atoms with Crippen molar-refractivity contribution in [3.63, 3.8) is 0 Å². The highest BCUT2D eigenvalue weighted by atomic mass is 16.5. The number of nitrogens with one attached hydrogen (secondary N) is 1. The third-order valence-electron chi connectivity index (χ3n) is 4.23. The van der Waals surface area contributed by atoms with Crippen LogP contribution in [0.5, 0.6) is 5.75 Å². The van der Waals surface area contributed by atoms with Crippen LogP contribution in [0.3, 0.4) is 0 Å². The number of hydrogen-bond acceptors (Lipinski definition) is 3. The fraction of sp³-hybridized carbons (Fsp3) is 0.625. The van der Waals surface area contributed by atoms with E-state index in [4.69, 9.17) is 9.47 Å². The Kier molecular flexibility index (Phi) is 4.83. The summed E-state index contributed by atoms with van der Waals surface area (Å²) >= 11 is 0. The highest BCUT2D eigenvalue weighted by Crippen LogP contribution is 2.34. The summed E-state index contributed by atoms with van der Waals surface area (Å²) in [7, 11) is 3.78. The molecular formula is C16H25NO2. The van der Waals surface area contributed by atoms with Gasteiger partial charge in [-0.3, -0.25) is 0 Å². The largest absolute Gasteiger partial charge is 0.496 e. The van der Waals surface area contributed by atoms with Crippen LogP contribution in [-0.4, -0.2) is 27.4 Å². The molecule has 0 spiro atoms. The van der Waals surface area contributed by atoms with Gasteiger partial charge in [0.25, 0.3) is 0 Å². The van der Waals surface area contributed by atoms with Gasteiger partial charge < -0.3 is 14.8 Å². The SMILES string of the molecule is CNC(CC1CCOC1)c1ccc(C)c(C)c1OC. The van der Waals surface area contributed by atoms with E-state index >= 15 is 0 Å². The summed E-state index contributed by atoms with van der Waals surface area (Å²) in [6, 6.07) is 4.71. The lowest BCUT2D eigenvalue weighted by Crippen LogP contribution is -2.21. The average molecular weight is 263 g/mol. The molecule has 0 bridgehead atoms. The summed E-state index contributed by atoms with van der Waals surface area (Å²) in [5, 5.41) is 3.43. The lowest BCUT2D eigenvalue weighted by Gasteiger charge is -2.23. The second kappa shape index (κ2) is 6.40. The molecule has 0 amide bonds. The smallest absolute Gasteiger partial charge is 0.126 e. The third-order valence-corrected chi connectivity index (χ3v) is 4.23. The Balaban J connectivity index is 2.24. The Bertz CT molecular complexity index is 425. The topological polar surface area (TPSA) is 30.5 Å². The fourth-order valence-corrected chi connectivity index (χ4v) is 2.86. The van der Waals surface area contributed by atoms with Crippen LogP contribution >= 0.6 is 0 Å². The first-order valence-corrected chi connectivity index (χ1v) is 7.06. The van der Waals surface area contributed by atoms with Crippen molar-refractivity contribution in [2.45, 2.75) is 32.7 Å². The molecule has 1 heterocycles. The van der Waals surface area contributed by atoms with E-state index in [1.807, 2.05) is 7.05 Å². The number of methoxy groups -OCH3 is 1. The van der Waals surface area contributed by atoms with Crippen molar-refractivity contribution in [2.75, 3.05) is 27.4 Å². The van der Waals surface area contributed by atoms with Crippen molar-refractivity contribution in [2.24, 2.45) is 5.92 Å². The molecule has 106 valence electrons. The molecule has 19 heavy (non-hydrogen) atoms. The number of aryl methyl sites for hydroxylation is 1. The molecule has 3 heteroatoms. The average Bonchev–Trinajstić information content (AvgIpc) is 2.92. The van der Waals surface area contributed by atoms with Gasteiger partial charge in [-0.25, -0.2) is 0 Å². The maximum Gasteiger partial charge on any atom is 0.126 e. The van der Waals surface area contributed by atoms with Crippen LogP contribution in [0, 0.1) is 19.8 Å². The van der Waals surface area contributed by atoms with Crippen molar-refractivity contribution in [1.82, 2.24) is 5.32 Å². The zero-order chi connectivity index (χ0) is 13.8. The number of hydrogen-bond donors (Lipinski definition) is 1. The van der Waals surface area contributed by atoms with Crippen LogP contribution in [0.4, 0.5) is 0 Å². The molecule has 1 aromatic rings. The summed E-state index contributed by atoms with van der Waals surface area (Å²) in [6.45, 7) is 6.06.